The largest absolute Gasteiger partial charge is 0.370 e. The van der Waals surface area contributed by atoms with Gasteiger partial charge in [0.25, 0.3) is 0 Å². The molecule has 0 bridgehead atoms. The molecule has 1 fully saturated rings. The van der Waals surface area contributed by atoms with Gasteiger partial charge in [0.05, 0.1) is 0 Å². The van der Waals surface area contributed by atoms with E-state index in [0.29, 0.717) is 0 Å². The lowest BCUT2D eigenvalue weighted by atomic mass is 10.1. The number of benzene rings is 1. The highest BCUT2D eigenvalue weighted by Gasteiger charge is 2.15. The molecule has 4 heteroatoms. The van der Waals surface area contributed by atoms with Crippen molar-refractivity contribution in [3.63, 3.8) is 0 Å². The number of anilines is 1. The van der Waals surface area contributed by atoms with Crippen molar-refractivity contribution in [1.29, 1.82) is 0 Å². The standard InChI is InChI=1S/C15H24N2OS/c1-15(2,3)16-12-13-4-6-14(7-5-13)17-8-10-19(18)11-9-17/h4-7,16H,8-12H2,1-3H3. The Bertz CT molecular complexity index is 426. The van der Waals surface area contributed by atoms with E-state index in [1.54, 1.807) is 0 Å². The number of nitrogens with zero attached hydrogens (tertiary/aromatic N) is 1. The summed E-state index contributed by atoms with van der Waals surface area (Å²) in [6.07, 6.45) is 0. The van der Waals surface area contributed by atoms with Gasteiger partial charge in [-0.3, -0.25) is 4.21 Å². The lowest BCUT2D eigenvalue weighted by Crippen LogP contribution is -2.37. The van der Waals surface area contributed by atoms with Crippen molar-refractivity contribution >= 4 is 16.5 Å². The molecule has 1 aromatic rings. The van der Waals surface area contributed by atoms with Crippen LogP contribution in [0.3, 0.4) is 0 Å². The molecule has 0 unspecified atom stereocenters. The minimum Gasteiger partial charge on any atom is -0.370 e. The zero-order valence-electron chi connectivity index (χ0n) is 12.1. The molecule has 1 aromatic carbocycles. The first-order valence-corrected chi connectivity index (χ1v) is 8.37. The first-order valence-electron chi connectivity index (χ1n) is 6.88. The SMILES string of the molecule is CC(C)(C)NCc1ccc(N2CCS(=O)CC2)cc1. The lowest BCUT2D eigenvalue weighted by molar-refractivity contribution is 0.424. The van der Waals surface area contributed by atoms with Gasteiger partial charge in [-0.05, 0) is 38.5 Å². The molecular weight excluding hydrogens is 256 g/mol. The van der Waals surface area contributed by atoms with E-state index in [4.69, 9.17) is 0 Å². The van der Waals surface area contributed by atoms with Crippen molar-refractivity contribution in [2.75, 3.05) is 29.5 Å². The van der Waals surface area contributed by atoms with Gasteiger partial charge in [0.1, 0.15) is 0 Å². The zero-order chi connectivity index (χ0) is 13.9. The third kappa shape index (κ3) is 4.62. The first-order chi connectivity index (χ1) is 8.94. The molecule has 1 aliphatic heterocycles. The van der Waals surface area contributed by atoms with Crippen LogP contribution in [0.15, 0.2) is 24.3 Å². The van der Waals surface area contributed by atoms with E-state index in [1.807, 2.05) is 0 Å². The number of hydrogen-bond acceptors (Lipinski definition) is 3. The van der Waals surface area contributed by atoms with Gasteiger partial charge in [-0.2, -0.15) is 0 Å². The maximum atomic E-state index is 11.3. The fourth-order valence-corrected chi connectivity index (χ4v) is 3.14. The van der Waals surface area contributed by atoms with Gasteiger partial charge in [0.15, 0.2) is 0 Å². The number of rotatable bonds is 3. The summed E-state index contributed by atoms with van der Waals surface area (Å²) in [5.74, 6) is 1.60. The summed E-state index contributed by atoms with van der Waals surface area (Å²) in [5, 5.41) is 3.49. The van der Waals surface area contributed by atoms with Crippen LogP contribution in [0.2, 0.25) is 0 Å². The minimum atomic E-state index is -0.604. The zero-order valence-corrected chi connectivity index (χ0v) is 12.9. The predicted octanol–water partition coefficient (Wildman–Crippen LogP) is 2.14. The van der Waals surface area contributed by atoms with Crippen LogP contribution in [-0.2, 0) is 17.3 Å². The van der Waals surface area contributed by atoms with Crippen molar-refractivity contribution in [3.05, 3.63) is 29.8 Å². The van der Waals surface area contributed by atoms with E-state index in [1.165, 1.54) is 11.3 Å². The average Bonchev–Trinajstić information content (AvgIpc) is 2.37. The van der Waals surface area contributed by atoms with Crippen LogP contribution in [0.4, 0.5) is 5.69 Å². The van der Waals surface area contributed by atoms with E-state index in [-0.39, 0.29) is 5.54 Å². The van der Waals surface area contributed by atoms with Crippen molar-refractivity contribution < 1.29 is 4.21 Å². The normalized spacial score (nSPS) is 17.7. The summed E-state index contributed by atoms with van der Waals surface area (Å²) in [5.41, 5.74) is 2.70. The Kier molecular flexibility index (Phi) is 4.63. The highest BCUT2D eigenvalue weighted by Crippen LogP contribution is 2.17. The summed E-state index contributed by atoms with van der Waals surface area (Å²) in [4.78, 5) is 2.32. The van der Waals surface area contributed by atoms with Gasteiger partial charge in [-0.25, -0.2) is 0 Å². The van der Waals surface area contributed by atoms with Gasteiger partial charge in [-0.15, -0.1) is 0 Å². The molecule has 1 N–H and O–H groups in total. The average molecular weight is 280 g/mol. The summed E-state index contributed by atoms with van der Waals surface area (Å²) >= 11 is 0. The van der Waals surface area contributed by atoms with Crippen molar-refractivity contribution in [3.8, 4) is 0 Å². The summed E-state index contributed by atoms with van der Waals surface area (Å²) in [6, 6.07) is 8.71. The topological polar surface area (TPSA) is 32.3 Å². The summed E-state index contributed by atoms with van der Waals surface area (Å²) in [7, 11) is -0.604. The van der Waals surface area contributed by atoms with Crippen LogP contribution in [-0.4, -0.2) is 34.3 Å². The Morgan fingerprint density at radius 2 is 1.74 bits per heavy atom. The van der Waals surface area contributed by atoms with Crippen LogP contribution in [0.5, 0.6) is 0 Å². The highest BCUT2D eigenvalue weighted by atomic mass is 32.2. The molecule has 0 radical (unpaired) electrons. The van der Waals surface area contributed by atoms with Crippen molar-refractivity contribution in [1.82, 2.24) is 5.32 Å². The van der Waals surface area contributed by atoms with Crippen molar-refractivity contribution in [2.24, 2.45) is 0 Å². The molecule has 0 spiro atoms. The molecule has 0 atom stereocenters. The maximum Gasteiger partial charge on any atom is 0.0411 e. The van der Waals surface area contributed by atoms with Gasteiger partial charge < -0.3 is 10.2 Å². The van der Waals surface area contributed by atoms with E-state index in [2.05, 4.69) is 55.3 Å². The molecule has 0 aromatic heterocycles. The molecule has 0 aliphatic carbocycles. The second-order valence-corrected chi connectivity index (χ2v) is 7.80. The molecule has 3 nitrogen and oxygen atoms in total. The van der Waals surface area contributed by atoms with Crippen molar-refractivity contribution in [2.45, 2.75) is 32.9 Å². The molecule has 106 valence electrons. The van der Waals surface area contributed by atoms with Gasteiger partial charge in [-0.1, -0.05) is 12.1 Å². The van der Waals surface area contributed by atoms with E-state index < -0.39 is 10.8 Å². The number of hydrogen-bond donors (Lipinski definition) is 1. The second-order valence-electron chi connectivity index (χ2n) is 6.11. The third-order valence-electron chi connectivity index (χ3n) is 3.30. The lowest BCUT2D eigenvalue weighted by Gasteiger charge is -2.28. The van der Waals surface area contributed by atoms with E-state index in [0.717, 1.165) is 31.1 Å². The Morgan fingerprint density at radius 3 is 2.26 bits per heavy atom. The smallest absolute Gasteiger partial charge is 0.0411 e. The quantitative estimate of drug-likeness (QED) is 0.921. The summed E-state index contributed by atoms with van der Waals surface area (Å²) in [6.45, 7) is 9.24. The fourth-order valence-electron chi connectivity index (χ4n) is 2.09. The van der Waals surface area contributed by atoms with Gasteiger partial charge in [0, 0.05) is 53.2 Å². The predicted molar refractivity (Wildman–Crippen MR) is 83.1 cm³/mol. The van der Waals surface area contributed by atoms with Crippen LogP contribution >= 0.6 is 0 Å². The molecule has 2 rings (SSSR count). The Balaban J connectivity index is 1.93. The van der Waals surface area contributed by atoms with Gasteiger partial charge >= 0.3 is 0 Å². The first kappa shape index (κ1) is 14.5. The van der Waals surface area contributed by atoms with Gasteiger partial charge in [0.2, 0.25) is 0 Å². The third-order valence-corrected chi connectivity index (χ3v) is 4.58. The van der Waals surface area contributed by atoms with E-state index in [9.17, 15) is 4.21 Å². The minimum absolute atomic E-state index is 0.148. The molecule has 1 saturated heterocycles. The molecule has 1 heterocycles. The Morgan fingerprint density at radius 1 is 1.16 bits per heavy atom. The Hall–Kier alpha value is -0.870. The molecule has 1 aliphatic rings. The van der Waals surface area contributed by atoms with Crippen LogP contribution in [0.25, 0.3) is 0 Å². The molecule has 19 heavy (non-hydrogen) atoms. The molecule has 0 saturated carbocycles. The second kappa shape index (κ2) is 6.06. The highest BCUT2D eigenvalue weighted by molar-refractivity contribution is 7.85. The maximum absolute atomic E-state index is 11.3. The van der Waals surface area contributed by atoms with E-state index >= 15 is 0 Å². The van der Waals surface area contributed by atoms with Crippen LogP contribution in [0, 0.1) is 0 Å². The molecular formula is C15H24N2OS. The summed E-state index contributed by atoms with van der Waals surface area (Å²) < 4.78 is 11.3. The Labute approximate surface area is 118 Å². The monoisotopic (exact) mass is 280 g/mol. The molecule has 0 amide bonds. The fraction of sp³-hybridized carbons (Fsp3) is 0.600. The van der Waals surface area contributed by atoms with Crippen LogP contribution < -0.4 is 10.2 Å². The van der Waals surface area contributed by atoms with Crippen LogP contribution in [0.1, 0.15) is 26.3 Å². The number of nitrogens with one attached hydrogen (secondary N) is 1.